The van der Waals surface area contributed by atoms with Crippen molar-refractivity contribution in [2.75, 3.05) is 0 Å². The average Bonchev–Trinajstić information content (AvgIpc) is 2.15. The van der Waals surface area contributed by atoms with Crippen molar-refractivity contribution < 1.29 is 9.53 Å². The summed E-state index contributed by atoms with van der Waals surface area (Å²) in [5, 5.41) is -0.514. The molecule has 0 aliphatic heterocycles. The average molecular weight is 197 g/mol. The number of hydrogen-bond donors (Lipinski definition) is 0. The minimum atomic E-state index is -0.514. The predicted molar refractivity (Wildman–Crippen MR) is 52.1 cm³/mol. The summed E-state index contributed by atoms with van der Waals surface area (Å²) < 4.78 is 5.16. The van der Waals surface area contributed by atoms with E-state index in [-0.39, 0.29) is 0 Å². The Labute approximate surface area is 81.8 Å². The third-order valence-electron chi connectivity index (χ3n) is 1.43. The van der Waals surface area contributed by atoms with Gasteiger partial charge in [-0.3, -0.25) is 4.79 Å². The number of allylic oxidation sites excluding steroid dienone is 1. The molecule has 0 spiro atoms. The third-order valence-corrected chi connectivity index (χ3v) is 1.63. The van der Waals surface area contributed by atoms with Gasteiger partial charge < -0.3 is 4.74 Å². The second kappa shape index (κ2) is 4.67. The van der Waals surface area contributed by atoms with E-state index in [2.05, 4.69) is 0 Å². The van der Waals surface area contributed by atoms with Crippen molar-refractivity contribution in [2.45, 2.75) is 6.92 Å². The van der Waals surface area contributed by atoms with Gasteiger partial charge in [-0.1, -0.05) is 18.2 Å². The Bertz CT molecular complexity index is 331. The first-order chi connectivity index (χ1) is 6.25. The highest BCUT2D eigenvalue weighted by Crippen LogP contribution is 2.19. The number of rotatable bonds is 3. The summed E-state index contributed by atoms with van der Waals surface area (Å²) in [6.07, 6.45) is 3.23. The molecule has 0 bridgehead atoms. The maximum Gasteiger partial charge on any atom is 0.256 e. The molecule has 68 valence electrons. The largest absolute Gasteiger partial charge is 0.465 e. The minimum Gasteiger partial charge on any atom is -0.465 e. The van der Waals surface area contributed by atoms with E-state index in [4.69, 9.17) is 16.3 Å². The van der Waals surface area contributed by atoms with Crippen LogP contribution in [0.1, 0.15) is 17.3 Å². The number of hydrogen-bond acceptors (Lipinski definition) is 2. The van der Waals surface area contributed by atoms with Crippen LogP contribution in [-0.2, 0) is 0 Å². The molecule has 1 aromatic rings. The first kappa shape index (κ1) is 9.81. The van der Waals surface area contributed by atoms with Crippen molar-refractivity contribution in [2.24, 2.45) is 0 Å². The molecule has 3 heteroatoms. The van der Waals surface area contributed by atoms with Crippen LogP contribution < -0.4 is 4.74 Å². The SMILES string of the molecule is CC=COc1ccccc1C(=O)Cl. The summed E-state index contributed by atoms with van der Waals surface area (Å²) in [6, 6.07) is 6.82. The fourth-order valence-corrected chi connectivity index (χ4v) is 1.03. The molecular formula is C10H9ClO2. The zero-order valence-corrected chi connectivity index (χ0v) is 7.91. The Morgan fingerprint density at radius 3 is 2.77 bits per heavy atom. The molecule has 0 aromatic heterocycles. The maximum atomic E-state index is 10.9. The highest BCUT2D eigenvalue weighted by Gasteiger charge is 2.07. The normalized spacial score (nSPS) is 10.3. The van der Waals surface area contributed by atoms with E-state index in [1.54, 1.807) is 30.3 Å². The molecule has 0 radical (unpaired) electrons. The maximum absolute atomic E-state index is 10.9. The van der Waals surface area contributed by atoms with Gasteiger partial charge in [0.25, 0.3) is 5.24 Å². The number of halogens is 1. The molecule has 0 saturated heterocycles. The van der Waals surface area contributed by atoms with Gasteiger partial charge in [0.05, 0.1) is 11.8 Å². The molecule has 0 unspecified atom stereocenters. The lowest BCUT2D eigenvalue weighted by atomic mass is 10.2. The van der Waals surface area contributed by atoms with Crippen LogP contribution in [0, 0.1) is 0 Å². The summed E-state index contributed by atoms with van der Waals surface area (Å²) in [5.74, 6) is 0.473. The number of benzene rings is 1. The third kappa shape index (κ3) is 2.60. The lowest BCUT2D eigenvalue weighted by Crippen LogP contribution is -1.93. The molecule has 0 saturated carbocycles. The van der Waals surface area contributed by atoms with Crippen molar-refractivity contribution in [1.29, 1.82) is 0 Å². The summed E-state index contributed by atoms with van der Waals surface area (Å²) >= 11 is 5.34. The van der Waals surface area contributed by atoms with E-state index in [1.165, 1.54) is 6.26 Å². The number of carbonyl (C=O) groups excluding carboxylic acids is 1. The molecule has 1 rings (SSSR count). The second-order valence-electron chi connectivity index (χ2n) is 2.36. The van der Waals surface area contributed by atoms with Crippen molar-refractivity contribution in [1.82, 2.24) is 0 Å². The van der Waals surface area contributed by atoms with Crippen LogP contribution >= 0.6 is 11.6 Å². The van der Waals surface area contributed by atoms with E-state index < -0.39 is 5.24 Å². The van der Waals surface area contributed by atoms with Gasteiger partial charge in [0, 0.05) is 0 Å². The first-order valence-electron chi connectivity index (χ1n) is 3.82. The van der Waals surface area contributed by atoms with Gasteiger partial charge in [-0.15, -0.1) is 0 Å². The van der Waals surface area contributed by atoms with Crippen LogP contribution in [0.25, 0.3) is 0 Å². The standard InChI is InChI=1S/C10H9ClO2/c1-2-7-13-9-6-4-3-5-8(9)10(11)12/h2-7H,1H3. The van der Waals surface area contributed by atoms with Crippen LogP contribution in [0.5, 0.6) is 5.75 Å². The van der Waals surface area contributed by atoms with Crippen LogP contribution in [-0.4, -0.2) is 5.24 Å². The van der Waals surface area contributed by atoms with Crippen molar-refractivity contribution in [3.05, 3.63) is 42.2 Å². The minimum absolute atomic E-state index is 0.377. The molecular weight excluding hydrogens is 188 g/mol. The second-order valence-corrected chi connectivity index (χ2v) is 2.70. The van der Waals surface area contributed by atoms with E-state index in [9.17, 15) is 4.79 Å². The topological polar surface area (TPSA) is 26.3 Å². The number of para-hydroxylation sites is 1. The molecule has 13 heavy (non-hydrogen) atoms. The predicted octanol–water partition coefficient (Wildman–Crippen LogP) is 2.98. The zero-order valence-electron chi connectivity index (χ0n) is 7.16. The summed E-state index contributed by atoms with van der Waals surface area (Å²) in [5.41, 5.74) is 0.377. The molecule has 0 atom stereocenters. The van der Waals surface area contributed by atoms with Gasteiger partial charge >= 0.3 is 0 Å². The molecule has 0 N–H and O–H groups in total. The van der Waals surface area contributed by atoms with Crippen molar-refractivity contribution >= 4 is 16.8 Å². The lowest BCUT2D eigenvalue weighted by molar-refractivity contribution is 0.107. The Morgan fingerprint density at radius 1 is 1.46 bits per heavy atom. The quantitative estimate of drug-likeness (QED) is 0.549. The van der Waals surface area contributed by atoms with E-state index in [0.29, 0.717) is 11.3 Å². The Morgan fingerprint density at radius 2 is 2.15 bits per heavy atom. The molecule has 0 heterocycles. The molecule has 1 aromatic carbocycles. The van der Waals surface area contributed by atoms with Crippen LogP contribution in [0.15, 0.2) is 36.6 Å². The van der Waals surface area contributed by atoms with E-state index in [1.807, 2.05) is 6.92 Å². The van der Waals surface area contributed by atoms with Gasteiger partial charge in [0.1, 0.15) is 5.75 Å². The Hall–Kier alpha value is -1.28. The van der Waals surface area contributed by atoms with Gasteiger partial charge in [0.15, 0.2) is 0 Å². The molecule has 0 fully saturated rings. The molecule has 0 amide bonds. The van der Waals surface area contributed by atoms with Crippen molar-refractivity contribution in [3.63, 3.8) is 0 Å². The van der Waals surface area contributed by atoms with Crippen LogP contribution in [0.3, 0.4) is 0 Å². The fraction of sp³-hybridized carbons (Fsp3) is 0.100. The fourth-order valence-electron chi connectivity index (χ4n) is 0.873. The highest BCUT2D eigenvalue weighted by atomic mass is 35.5. The van der Waals surface area contributed by atoms with Gasteiger partial charge in [-0.05, 0) is 30.7 Å². The molecule has 0 aliphatic carbocycles. The van der Waals surface area contributed by atoms with Crippen LogP contribution in [0.2, 0.25) is 0 Å². The molecule has 2 nitrogen and oxygen atoms in total. The van der Waals surface area contributed by atoms with Crippen LogP contribution in [0.4, 0.5) is 0 Å². The Kier molecular flexibility index (Phi) is 3.53. The zero-order chi connectivity index (χ0) is 9.68. The Balaban J connectivity index is 2.97. The van der Waals surface area contributed by atoms with Gasteiger partial charge in [-0.2, -0.15) is 0 Å². The number of carbonyl (C=O) groups is 1. The first-order valence-corrected chi connectivity index (χ1v) is 4.20. The summed E-state index contributed by atoms with van der Waals surface area (Å²) in [7, 11) is 0. The lowest BCUT2D eigenvalue weighted by Gasteiger charge is -2.03. The molecule has 0 aliphatic rings. The summed E-state index contributed by atoms with van der Waals surface area (Å²) in [4.78, 5) is 10.9. The highest BCUT2D eigenvalue weighted by molar-refractivity contribution is 6.68. The van der Waals surface area contributed by atoms with E-state index in [0.717, 1.165) is 0 Å². The van der Waals surface area contributed by atoms with Crippen molar-refractivity contribution in [3.8, 4) is 5.75 Å². The van der Waals surface area contributed by atoms with Gasteiger partial charge in [0.2, 0.25) is 0 Å². The van der Waals surface area contributed by atoms with Gasteiger partial charge in [-0.25, -0.2) is 0 Å². The van der Waals surface area contributed by atoms with E-state index >= 15 is 0 Å². The number of ether oxygens (including phenoxy) is 1. The monoisotopic (exact) mass is 196 g/mol. The summed E-state index contributed by atoms with van der Waals surface area (Å²) in [6.45, 7) is 1.82. The smallest absolute Gasteiger partial charge is 0.256 e.